The van der Waals surface area contributed by atoms with Gasteiger partial charge in [-0.15, -0.1) is 0 Å². The Hall–Kier alpha value is -2.05. The summed E-state index contributed by atoms with van der Waals surface area (Å²) in [6.45, 7) is 0. The molecule has 2 rings (SSSR count). The number of amides is 4. The van der Waals surface area contributed by atoms with E-state index in [4.69, 9.17) is 0 Å². The van der Waals surface area contributed by atoms with Gasteiger partial charge in [0.15, 0.2) is 0 Å². The summed E-state index contributed by atoms with van der Waals surface area (Å²) in [6.07, 6.45) is 2.35. The van der Waals surface area contributed by atoms with Gasteiger partial charge in [-0.2, -0.15) is 0 Å². The molecule has 1 aliphatic carbocycles. The fraction of sp³-hybridized carbons (Fsp3) is 0.462. The van der Waals surface area contributed by atoms with Crippen LogP contribution in [0.4, 0.5) is 13.6 Å². The van der Waals surface area contributed by atoms with Crippen molar-refractivity contribution in [1.29, 1.82) is 0 Å². The molecule has 1 aliphatic heterocycles. The summed E-state index contributed by atoms with van der Waals surface area (Å²) in [5.41, 5.74) is -0.275. The summed E-state index contributed by atoms with van der Waals surface area (Å²) >= 11 is 0. The van der Waals surface area contributed by atoms with Crippen molar-refractivity contribution in [2.45, 2.75) is 31.6 Å². The van der Waals surface area contributed by atoms with Crippen molar-refractivity contribution in [2.24, 2.45) is 5.92 Å². The molecule has 2 N–H and O–H groups in total. The lowest BCUT2D eigenvalue weighted by Crippen LogP contribution is -2.51. The number of imide groups is 2. The van der Waals surface area contributed by atoms with Crippen LogP contribution in [-0.4, -0.2) is 30.2 Å². The van der Waals surface area contributed by atoms with Gasteiger partial charge >= 0.3 is 6.03 Å². The maximum Gasteiger partial charge on any atom is 0.328 e. The number of carbonyl (C=O) groups excluding carboxylic acids is 3. The molecule has 1 saturated carbocycles. The molecule has 20 heavy (non-hydrogen) atoms. The SMILES string of the molecule is O=C1NC(=O)C(=C/C=C/C2C(F)CCCC2F)C(=O)N1. The molecule has 1 saturated heterocycles. The van der Waals surface area contributed by atoms with Gasteiger partial charge < -0.3 is 0 Å². The first-order chi connectivity index (χ1) is 9.49. The second-order valence-electron chi connectivity index (χ2n) is 4.74. The second-order valence-corrected chi connectivity index (χ2v) is 4.74. The summed E-state index contributed by atoms with van der Waals surface area (Å²) in [5, 5.41) is 3.81. The number of nitrogens with one attached hydrogen (secondary N) is 2. The van der Waals surface area contributed by atoms with Gasteiger partial charge in [0.05, 0.1) is 0 Å². The molecular weight excluding hydrogens is 270 g/mol. The predicted octanol–water partition coefficient (Wildman–Crippen LogP) is 1.31. The number of barbiturate groups is 1. The Morgan fingerprint density at radius 1 is 1.00 bits per heavy atom. The molecule has 2 atom stereocenters. The van der Waals surface area contributed by atoms with Crippen molar-refractivity contribution in [3.63, 3.8) is 0 Å². The lowest BCUT2D eigenvalue weighted by atomic mass is 9.85. The van der Waals surface area contributed by atoms with E-state index in [1.165, 1.54) is 12.2 Å². The maximum absolute atomic E-state index is 13.6. The molecule has 0 spiro atoms. The van der Waals surface area contributed by atoms with Gasteiger partial charge in [-0.25, -0.2) is 13.6 Å². The smallest absolute Gasteiger partial charge is 0.273 e. The first kappa shape index (κ1) is 14.4. The zero-order chi connectivity index (χ0) is 14.7. The quantitative estimate of drug-likeness (QED) is 0.593. The highest BCUT2D eigenvalue weighted by molar-refractivity contribution is 6.28. The maximum atomic E-state index is 13.6. The average molecular weight is 284 g/mol. The standard InChI is InChI=1S/C13H14F2N2O3/c14-9-5-2-6-10(15)7(9)3-1-4-8-11(18)16-13(20)17-12(8)19/h1,3-4,7,9-10H,2,5-6H2,(H2,16,17,18,19,20)/b3-1+. The first-order valence-corrected chi connectivity index (χ1v) is 6.32. The van der Waals surface area contributed by atoms with Gasteiger partial charge in [-0.1, -0.05) is 12.2 Å². The summed E-state index contributed by atoms with van der Waals surface area (Å²) in [7, 11) is 0. The number of hydrogen-bond acceptors (Lipinski definition) is 3. The average Bonchev–Trinajstić information content (AvgIpc) is 2.35. The van der Waals surface area contributed by atoms with E-state index in [1.807, 2.05) is 10.6 Å². The Kier molecular flexibility index (Phi) is 4.26. The lowest BCUT2D eigenvalue weighted by molar-refractivity contribution is -0.124. The summed E-state index contributed by atoms with van der Waals surface area (Å²) in [4.78, 5) is 33.6. The van der Waals surface area contributed by atoms with Gasteiger partial charge in [0.1, 0.15) is 17.9 Å². The summed E-state index contributed by atoms with van der Waals surface area (Å²) in [6, 6.07) is -0.888. The van der Waals surface area contributed by atoms with Gasteiger partial charge in [-0.05, 0) is 25.3 Å². The van der Waals surface area contributed by atoms with Crippen LogP contribution in [0.25, 0.3) is 0 Å². The van der Waals surface area contributed by atoms with E-state index in [-0.39, 0.29) is 5.57 Å². The predicted molar refractivity (Wildman–Crippen MR) is 66.0 cm³/mol. The highest BCUT2D eigenvalue weighted by Gasteiger charge is 2.31. The van der Waals surface area contributed by atoms with Crippen molar-refractivity contribution < 1.29 is 23.2 Å². The molecule has 2 fully saturated rings. The topological polar surface area (TPSA) is 75.3 Å². The van der Waals surface area contributed by atoms with Crippen LogP contribution in [0.2, 0.25) is 0 Å². The minimum absolute atomic E-state index is 0.275. The number of allylic oxidation sites excluding steroid dienone is 3. The monoisotopic (exact) mass is 284 g/mol. The van der Waals surface area contributed by atoms with Crippen LogP contribution in [0.15, 0.2) is 23.8 Å². The van der Waals surface area contributed by atoms with Crippen LogP contribution < -0.4 is 10.6 Å². The van der Waals surface area contributed by atoms with E-state index in [0.717, 1.165) is 6.08 Å². The molecule has 1 heterocycles. The lowest BCUT2D eigenvalue weighted by Gasteiger charge is -2.26. The fourth-order valence-electron chi connectivity index (χ4n) is 2.27. The van der Waals surface area contributed by atoms with Crippen molar-refractivity contribution in [3.05, 3.63) is 23.8 Å². The molecule has 2 unspecified atom stereocenters. The molecule has 7 heteroatoms. The Bertz CT molecular complexity index is 470. The van der Waals surface area contributed by atoms with E-state index in [0.29, 0.717) is 19.3 Å². The number of urea groups is 1. The van der Waals surface area contributed by atoms with E-state index in [1.54, 1.807) is 0 Å². The van der Waals surface area contributed by atoms with E-state index < -0.39 is 36.1 Å². The molecule has 5 nitrogen and oxygen atoms in total. The van der Waals surface area contributed by atoms with Gasteiger partial charge in [0.2, 0.25) is 0 Å². The zero-order valence-corrected chi connectivity index (χ0v) is 10.6. The summed E-state index contributed by atoms with van der Waals surface area (Å²) in [5.74, 6) is -2.53. The van der Waals surface area contributed by atoms with Crippen LogP contribution in [0.1, 0.15) is 19.3 Å². The van der Waals surface area contributed by atoms with E-state index in [9.17, 15) is 23.2 Å². The molecule has 0 aromatic heterocycles. The number of alkyl halides is 2. The van der Waals surface area contributed by atoms with Crippen molar-refractivity contribution in [3.8, 4) is 0 Å². The van der Waals surface area contributed by atoms with Crippen LogP contribution in [0, 0.1) is 5.92 Å². The third kappa shape index (κ3) is 3.09. The highest BCUT2D eigenvalue weighted by atomic mass is 19.1. The van der Waals surface area contributed by atoms with Gasteiger partial charge in [0.25, 0.3) is 11.8 Å². The number of hydrogen-bond donors (Lipinski definition) is 2. The van der Waals surface area contributed by atoms with E-state index in [2.05, 4.69) is 0 Å². The molecule has 0 aromatic rings. The molecule has 108 valence electrons. The molecule has 0 aromatic carbocycles. The molecule has 2 aliphatic rings. The Morgan fingerprint density at radius 2 is 1.55 bits per heavy atom. The molecule has 0 bridgehead atoms. The molecule has 0 radical (unpaired) electrons. The summed E-state index contributed by atoms with van der Waals surface area (Å²) < 4.78 is 27.1. The third-order valence-electron chi connectivity index (χ3n) is 3.33. The highest BCUT2D eigenvalue weighted by Crippen LogP contribution is 2.30. The largest absolute Gasteiger partial charge is 0.328 e. The zero-order valence-electron chi connectivity index (χ0n) is 10.6. The van der Waals surface area contributed by atoms with Crippen LogP contribution in [-0.2, 0) is 9.59 Å². The van der Waals surface area contributed by atoms with Crippen LogP contribution in [0.5, 0.6) is 0 Å². The van der Waals surface area contributed by atoms with Crippen LogP contribution >= 0.6 is 0 Å². The minimum atomic E-state index is -1.26. The fourth-order valence-corrected chi connectivity index (χ4v) is 2.27. The van der Waals surface area contributed by atoms with Gasteiger partial charge in [-0.3, -0.25) is 20.2 Å². The molecule has 4 amide bonds. The Morgan fingerprint density at radius 3 is 2.10 bits per heavy atom. The van der Waals surface area contributed by atoms with Crippen molar-refractivity contribution >= 4 is 17.8 Å². The Balaban J connectivity index is 2.07. The van der Waals surface area contributed by atoms with Crippen LogP contribution in [0.3, 0.4) is 0 Å². The first-order valence-electron chi connectivity index (χ1n) is 6.32. The van der Waals surface area contributed by atoms with Crippen molar-refractivity contribution in [2.75, 3.05) is 0 Å². The van der Waals surface area contributed by atoms with E-state index >= 15 is 0 Å². The van der Waals surface area contributed by atoms with Crippen molar-refractivity contribution in [1.82, 2.24) is 10.6 Å². The van der Waals surface area contributed by atoms with Gasteiger partial charge in [0, 0.05) is 5.92 Å². The third-order valence-corrected chi connectivity index (χ3v) is 3.33. The number of carbonyl (C=O) groups is 3. The number of rotatable bonds is 2. The normalized spacial score (nSPS) is 31.2. The Labute approximate surface area is 114 Å². The minimum Gasteiger partial charge on any atom is -0.273 e. The number of halogens is 2. The molecular formula is C13H14F2N2O3. The second kappa shape index (κ2) is 5.94.